The Morgan fingerprint density at radius 1 is 1.27 bits per heavy atom. The molecule has 1 saturated heterocycles. The number of hydrogen-bond donors (Lipinski definition) is 1. The average molecular weight is 323 g/mol. The van der Waals surface area contributed by atoms with Gasteiger partial charge in [0.05, 0.1) is 11.9 Å². The summed E-state index contributed by atoms with van der Waals surface area (Å²) in [6.07, 6.45) is 1.48. The number of anilines is 2. The molecule has 8 heteroatoms. The van der Waals surface area contributed by atoms with Crippen LogP contribution in [0, 0.1) is 0 Å². The highest BCUT2D eigenvalue weighted by atomic mass is 32.2. The largest absolute Gasteiger partial charge is 0.377 e. The molecule has 0 saturated carbocycles. The predicted molar refractivity (Wildman–Crippen MR) is 80.5 cm³/mol. The summed E-state index contributed by atoms with van der Waals surface area (Å²) in [6.45, 7) is 0.631. The van der Waals surface area contributed by atoms with Crippen LogP contribution >= 0.6 is 0 Å². The van der Waals surface area contributed by atoms with Crippen LogP contribution in [0.25, 0.3) is 0 Å². The molecule has 1 N–H and O–H groups in total. The third-order valence-corrected chi connectivity index (χ3v) is 4.87. The van der Waals surface area contributed by atoms with Crippen LogP contribution < -0.4 is 5.32 Å². The smallest absolute Gasteiger partial charge is 0.267 e. The molecule has 1 unspecified atom stereocenters. The Morgan fingerprint density at radius 3 is 2.82 bits per heavy atom. The summed E-state index contributed by atoms with van der Waals surface area (Å²) in [5.41, 5.74) is 0.803. The number of nitrogens with zero attached hydrogens (tertiary/aromatic N) is 2. The fraction of sp³-hybridized carbons (Fsp3) is 0.429. The molecule has 0 aliphatic carbocycles. The van der Waals surface area contributed by atoms with Gasteiger partial charge in [0.25, 0.3) is 5.95 Å². The van der Waals surface area contributed by atoms with Crippen LogP contribution in [0.5, 0.6) is 0 Å². The van der Waals surface area contributed by atoms with E-state index >= 15 is 0 Å². The first kappa shape index (κ1) is 15.0. The lowest BCUT2D eigenvalue weighted by atomic mass is 10.3. The van der Waals surface area contributed by atoms with Gasteiger partial charge in [-0.25, -0.2) is 8.42 Å². The van der Waals surface area contributed by atoms with Crippen molar-refractivity contribution < 1.29 is 17.7 Å². The first-order valence-corrected chi connectivity index (χ1v) is 8.89. The Morgan fingerprint density at radius 2 is 2.09 bits per heavy atom. The minimum Gasteiger partial charge on any atom is -0.377 e. The van der Waals surface area contributed by atoms with Gasteiger partial charge in [0.15, 0.2) is 9.84 Å². The number of ether oxygens (including phenoxy) is 1. The maximum absolute atomic E-state index is 12.1. The Bertz CT molecular complexity index is 709. The first-order chi connectivity index (χ1) is 10.6. The second-order valence-electron chi connectivity index (χ2n) is 5.19. The van der Waals surface area contributed by atoms with E-state index in [4.69, 9.17) is 9.26 Å². The molecule has 0 radical (unpaired) electrons. The van der Waals surface area contributed by atoms with Gasteiger partial charge in [0, 0.05) is 12.3 Å². The van der Waals surface area contributed by atoms with Crippen molar-refractivity contribution in [1.29, 1.82) is 0 Å². The van der Waals surface area contributed by atoms with Crippen LogP contribution in [0.2, 0.25) is 0 Å². The van der Waals surface area contributed by atoms with Gasteiger partial charge < -0.3 is 14.6 Å². The summed E-state index contributed by atoms with van der Waals surface area (Å²) < 4.78 is 34.5. The van der Waals surface area contributed by atoms with E-state index in [2.05, 4.69) is 15.5 Å². The highest BCUT2D eigenvalue weighted by Gasteiger charge is 2.25. The lowest BCUT2D eigenvalue weighted by Crippen LogP contribution is -2.21. The maximum Gasteiger partial charge on any atom is 0.267 e. The second kappa shape index (κ2) is 6.45. The van der Waals surface area contributed by atoms with Crippen LogP contribution in [-0.4, -0.2) is 37.0 Å². The SMILES string of the molecule is O=S(=O)(Cc1nc(Nc2ccccc2)no1)CC1CCCO1. The minimum absolute atomic E-state index is 0.00315. The summed E-state index contributed by atoms with van der Waals surface area (Å²) >= 11 is 0. The van der Waals surface area contributed by atoms with Gasteiger partial charge in [-0.3, -0.25) is 0 Å². The number of aromatic nitrogens is 2. The third-order valence-electron chi connectivity index (χ3n) is 3.31. The van der Waals surface area contributed by atoms with Gasteiger partial charge >= 0.3 is 0 Å². The van der Waals surface area contributed by atoms with Gasteiger partial charge in [-0.15, -0.1) is 0 Å². The predicted octanol–water partition coefficient (Wildman–Crippen LogP) is 1.91. The van der Waals surface area contributed by atoms with Crippen LogP contribution in [0.4, 0.5) is 11.6 Å². The first-order valence-electron chi connectivity index (χ1n) is 7.07. The average Bonchev–Trinajstić information content (AvgIpc) is 3.11. The highest BCUT2D eigenvalue weighted by Crippen LogP contribution is 2.17. The molecule has 1 aliphatic heterocycles. The van der Waals surface area contributed by atoms with Crippen molar-refractivity contribution >= 4 is 21.5 Å². The summed E-state index contributed by atoms with van der Waals surface area (Å²) in [4.78, 5) is 4.06. The summed E-state index contributed by atoms with van der Waals surface area (Å²) in [7, 11) is -3.33. The molecule has 7 nitrogen and oxygen atoms in total. The summed E-state index contributed by atoms with van der Waals surface area (Å²) in [5.74, 6) is 0.0533. The van der Waals surface area contributed by atoms with E-state index in [1.54, 1.807) is 0 Å². The van der Waals surface area contributed by atoms with Gasteiger partial charge in [-0.2, -0.15) is 4.98 Å². The monoisotopic (exact) mass is 323 g/mol. The zero-order valence-electron chi connectivity index (χ0n) is 11.9. The molecule has 1 aliphatic rings. The molecule has 1 fully saturated rings. The summed E-state index contributed by atoms with van der Waals surface area (Å²) in [5, 5.41) is 6.68. The quantitative estimate of drug-likeness (QED) is 0.867. The Balaban J connectivity index is 1.61. The number of rotatable bonds is 6. The molecule has 0 amide bonds. The van der Waals surface area contributed by atoms with Gasteiger partial charge in [0.2, 0.25) is 5.89 Å². The molecular weight excluding hydrogens is 306 g/mol. The Hall–Kier alpha value is -1.93. The van der Waals surface area contributed by atoms with Crippen molar-refractivity contribution in [2.75, 3.05) is 17.7 Å². The lowest BCUT2D eigenvalue weighted by Gasteiger charge is -2.08. The molecule has 3 rings (SSSR count). The fourth-order valence-electron chi connectivity index (χ4n) is 2.32. The number of para-hydroxylation sites is 1. The number of nitrogens with one attached hydrogen (secondary N) is 1. The van der Waals surface area contributed by atoms with E-state index in [0.717, 1.165) is 18.5 Å². The zero-order valence-corrected chi connectivity index (χ0v) is 12.8. The van der Waals surface area contributed by atoms with Gasteiger partial charge in [-0.1, -0.05) is 18.2 Å². The van der Waals surface area contributed by atoms with E-state index in [1.165, 1.54) is 0 Å². The highest BCUT2D eigenvalue weighted by molar-refractivity contribution is 7.90. The van der Waals surface area contributed by atoms with Crippen molar-refractivity contribution in [3.63, 3.8) is 0 Å². The minimum atomic E-state index is -3.33. The van der Waals surface area contributed by atoms with E-state index in [1.807, 2.05) is 30.3 Å². The molecule has 1 aromatic heterocycles. The van der Waals surface area contributed by atoms with Crippen molar-refractivity contribution in [1.82, 2.24) is 10.1 Å². The van der Waals surface area contributed by atoms with Gasteiger partial charge in [-0.05, 0) is 30.1 Å². The zero-order chi connectivity index (χ0) is 15.4. The number of sulfone groups is 1. The normalized spacial score (nSPS) is 18.5. The molecule has 118 valence electrons. The Kier molecular flexibility index (Phi) is 4.39. The standard InChI is InChI=1S/C14H17N3O4S/c18-22(19,9-12-7-4-8-20-12)10-13-16-14(17-21-13)15-11-5-2-1-3-6-11/h1-3,5-6,12H,4,7-10H2,(H,15,17). The van der Waals surface area contributed by atoms with E-state index < -0.39 is 9.84 Å². The molecule has 22 heavy (non-hydrogen) atoms. The Labute approximate surface area is 128 Å². The van der Waals surface area contributed by atoms with Crippen LogP contribution in [0.3, 0.4) is 0 Å². The van der Waals surface area contributed by atoms with Crippen LogP contribution in [-0.2, 0) is 20.3 Å². The number of hydrogen-bond acceptors (Lipinski definition) is 7. The van der Waals surface area contributed by atoms with Crippen molar-refractivity contribution in [3.05, 3.63) is 36.2 Å². The second-order valence-corrected chi connectivity index (χ2v) is 7.30. The van der Waals surface area contributed by atoms with Crippen molar-refractivity contribution in [2.45, 2.75) is 24.7 Å². The molecule has 0 spiro atoms. The van der Waals surface area contributed by atoms with Crippen LogP contribution in [0.1, 0.15) is 18.7 Å². The van der Waals surface area contributed by atoms with E-state index in [-0.39, 0.29) is 29.4 Å². The molecular formula is C14H17N3O4S. The van der Waals surface area contributed by atoms with Gasteiger partial charge in [0.1, 0.15) is 5.75 Å². The lowest BCUT2D eigenvalue weighted by molar-refractivity contribution is 0.127. The molecule has 0 bridgehead atoms. The molecule has 1 atom stereocenters. The van der Waals surface area contributed by atoms with Crippen molar-refractivity contribution in [3.8, 4) is 0 Å². The van der Waals surface area contributed by atoms with Crippen LogP contribution in [0.15, 0.2) is 34.9 Å². The number of benzene rings is 1. The fourth-order valence-corrected chi connectivity index (χ4v) is 3.76. The molecule has 1 aromatic carbocycles. The maximum atomic E-state index is 12.1. The topological polar surface area (TPSA) is 94.3 Å². The summed E-state index contributed by atoms with van der Waals surface area (Å²) in [6, 6.07) is 9.34. The van der Waals surface area contributed by atoms with E-state index in [9.17, 15) is 8.42 Å². The molecule has 2 heterocycles. The molecule has 2 aromatic rings. The van der Waals surface area contributed by atoms with Crippen molar-refractivity contribution in [2.24, 2.45) is 0 Å². The van der Waals surface area contributed by atoms with E-state index in [0.29, 0.717) is 6.61 Å². The third kappa shape index (κ3) is 4.05.